The maximum atomic E-state index is 14.5. The van der Waals surface area contributed by atoms with E-state index in [4.69, 9.17) is 10.1 Å². The molecule has 2 aliphatic heterocycles. The number of nitrogens with one attached hydrogen (secondary N) is 2. The zero-order valence-electron chi connectivity index (χ0n) is 29.5. The maximum absolute atomic E-state index is 14.5. The number of benzene rings is 1. The molecule has 2 N–H and O–H groups in total. The maximum Gasteiger partial charge on any atom is 0.248 e. The summed E-state index contributed by atoms with van der Waals surface area (Å²) >= 11 is 0. The van der Waals surface area contributed by atoms with Gasteiger partial charge in [0.05, 0.1) is 5.52 Å². The van der Waals surface area contributed by atoms with E-state index in [1.165, 1.54) is 6.92 Å². The van der Waals surface area contributed by atoms with Crippen molar-refractivity contribution in [2.24, 2.45) is 5.41 Å². The van der Waals surface area contributed by atoms with Crippen molar-refractivity contribution >= 4 is 40.2 Å². The predicted molar refractivity (Wildman–Crippen MR) is 191 cm³/mol. The molecule has 0 spiro atoms. The second-order valence-electron chi connectivity index (χ2n) is 15.1. The van der Waals surface area contributed by atoms with Gasteiger partial charge in [0.2, 0.25) is 17.7 Å². The topological polar surface area (TPSA) is 152 Å². The zero-order chi connectivity index (χ0) is 35.4. The number of aromatic nitrogens is 5. The van der Waals surface area contributed by atoms with Crippen molar-refractivity contribution in [2.45, 2.75) is 110 Å². The normalized spacial score (nSPS) is 23.8. The molecule has 3 atom stereocenters. The lowest BCUT2D eigenvalue weighted by Crippen LogP contribution is -2.47. The molecule has 2 aliphatic carbocycles. The van der Waals surface area contributed by atoms with Gasteiger partial charge in [0.1, 0.15) is 29.9 Å². The number of ketones is 1. The van der Waals surface area contributed by atoms with Crippen LogP contribution in [-0.4, -0.2) is 71.8 Å². The molecule has 5 heterocycles. The molecule has 3 amide bonds. The standard InChI is InChI=1S/C39H44N8O4/c1-22-10-13-30(25-11-12-25)43-37(22)44-38(51)31-16-39-17-32(39)47(31)34(50)20-46-36-26(8-6-4-5-7-9-33(49)42-21-39)14-27(28-18-40-24(3)41-19-28)15-29(36)35(45-46)23(2)48/h10,13-15,18-19,25,31-32H,4-9,11-12,16-17,20-21H2,1-3H3,(H,42,49)(H,43,44,51)/t31-,32+,39-/m0/s1. The van der Waals surface area contributed by atoms with Gasteiger partial charge in [0.25, 0.3) is 0 Å². The Kier molecular flexibility index (Phi) is 8.42. The number of aryl methyl sites for hydroxylation is 3. The fourth-order valence-corrected chi connectivity index (χ4v) is 8.15. The van der Waals surface area contributed by atoms with Crippen LogP contribution in [0.3, 0.4) is 0 Å². The first kappa shape index (κ1) is 33.2. The summed E-state index contributed by atoms with van der Waals surface area (Å²) < 4.78 is 1.67. The highest BCUT2D eigenvalue weighted by molar-refractivity contribution is 6.07. The molecular weight excluding hydrogens is 644 g/mol. The minimum absolute atomic E-state index is 0.00783. The number of Topliss-reactive ketones (excluding diaryl/α,β-unsaturated/α-hetero) is 1. The van der Waals surface area contributed by atoms with E-state index in [0.717, 1.165) is 72.0 Å². The molecule has 3 aromatic heterocycles. The van der Waals surface area contributed by atoms with E-state index in [1.807, 2.05) is 32.0 Å². The number of amides is 3. The van der Waals surface area contributed by atoms with Gasteiger partial charge in [-0.25, -0.2) is 15.0 Å². The number of carbonyl (C=O) groups is 4. The number of hydrogen-bond acceptors (Lipinski definition) is 8. The third-order valence-electron chi connectivity index (χ3n) is 11.3. The number of anilines is 1. The van der Waals surface area contributed by atoms with Gasteiger partial charge in [-0.05, 0) is 93.7 Å². The Labute approximate surface area is 296 Å². The Bertz CT molecular complexity index is 2070. The Morgan fingerprint density at radius 3 is 2.47 bits per heavy atom. The molecule has 3 fully saturated rings. The first-order valence-electron chi connectivity index (χ1n) is 18.3. The number of pyridine rings is 1. The molecule has 0 radical (unpaired) electrons. The van der Waals surface area contributed by atoms with Crippen LogP contribution in [0.1, 0.15) is 104 Å². The Morgan fingerprint density at radius 2 is 1.73 bits per heavy atom. The molecule has 2 saturated carbocycles. The molecule has 12 heteroatoms. The van der Waals surface area contributed by atoms with Crippen LogP contribution in [0.5, 0.6) is 0 Å². The van der Waals surface area contributed by atoms with Gasteiger partial charge in [-0.15, -0.1) is 0 Å². The van der Waals surface area contributed by atoms with Gasteiger partial charge in [0.15, 0.2) is 5.78 Å². The van der Waals surface area contributed by atoms with Crippen LogP contribution in [0, 0.1) is 19.3 Å². The highest BCUT2D eigenvalue weighted by Crippen LogP contribution is 2.59. The molecule has 0 unspecified atom stereocenters. The van der Waals surface area contributed by atoms with E-state index in [1.54, 1.807) is 22.0 Å². The van der Waals surface area contributed by atoms with E-state index in [-0.39, 0.29) is 41.5 Å². The van der Waals surface area contributed by atoms with Crippen LogP contribution in [0.4, 0.5) is 5.82 Å². The van der Waals surface area contributed by atoms with Crippen molar-refractivity contribution in [3.63, 3.8) is 0 Å². The summed E-state index contributed by atoms with van der Waals surface area (Å²) in [6.07, 6.45) is 11.6. The third-order valence-corrected chi connectivity index (χ3v) is 11.3. The van der Waals surface area contributed by atoms with Crippen molar-refractivity contribution in [2.75, 3.05) is 11.9 Å². The van der Waals surface area contributed by atoms with Crippen LogP contribution >= 0.6 is 0 Å². The van der Waals surface area contributed by atoms with Gasteiger partial charge in [-0.2, -0.15) is 5.10 Å². The average molecular weight is 689 g/mol. The zero-order valence-corrected chi connectivity index (χ0v) is 29.5. The number of piperidine rings is 1. The van der Waals surface area contributed by atoms with Gasteiger partial charge in [-0.3, -0.25) is 23.9 Å². The first-order valence-corrected chi connectivity index (χ1v) is 18.3. The van der Waals surface area contributed by atoms with Crippen molar-refractivity contribution in [3.8, 4) is 11.1 Å². The lowest BCUT2D eigenvalue weighted by molar-refractivity contribution is -0.138. The van der Waals surface area contributed by atoms with Crippen LogP contribution in [0.15, 0.2) is 36.7 Å². The molecule has 1 saturated heterocycles. The van der Waals surface area contributed by atoms with E-state index < -0.39 is 6.04 Å². The highest BCUT2D eigenvalue weighted by Gasteiger charge is 2.67. The smallest absolute Gasteiger partial charge is 0.248 e. The SMILES string of the molecule is CC(=O)c1nn2c3c(cc(-c4cnc(C)nc4)cc13)CCCCCCC(=O)NC[C@@]13C[C@@H](C(=O)Nc4nc(C5CC5)ccc4C)N(C(=O)C2)[C@@H]1C3. The van der Waals surface area contributed by atoms with Crippen LogP contribution in [0.25, 0.3) is 22.0 Å². The van der Waals surface area contributed by atoms with Gasteiger partial charge in [0, 0.05) is 66.3 Å². The molecule has 264 valence electrons. The summed E-state index contributed by atoms with van der Waals surface area (Å²) in [6, 6.07) is 7.12. The molecule has 51 heavy (non-hydrogen) atoms. The van der Waals surface area contributed by atoms with Crippen LogP contribution in [0.2, 0.25) is 0 Å². The molecule has 4 aromatic rings. The summed E-state index contributed by atoms with van der Waals surface area (Å²) in [5.41, 5.74) is 5.22. The fraction of sp³-hybridized carbons (Fsp3) is 0.487. The lowest BCUT2D eigenvalue weighted by atomic mass is 9.96. The minimum Gasteiger partial charge on any atom is -0.355 e. The molecule has 2 bridgehead atoms. The van der Waals surface area contributed by atoms with Crippen LogP contribution < -0.4 is 10.6 Å². The van der Waals surface area contributed by atoms with E-state index in [9.17, 15) is 19.2 Å². The largest absolute Gasteiger partial charge is 0.355 e. The minimum atomic E-state index is -0.737. The lowest BCUT2D eigenvalue weighted by Gasteiger charge is -2.27. The summed E-state index contributed by atoms with van der Waals surface area (Å²) in [4.78, 5) is 69.9. The number of carbonyl (C=O) groups excluding carboxylic acids is 4. The first-order chi connectivity index (χ1) is 24.6. The third kappa shape index (κ3) is 6.40. The van der Waals surface area contributed by atoms with Crippen molar-refractivity contribution in [1.82, 2.24) is 34.9 Å². The monoisotopic (exact) mass is 688 g/mol. The quantitative estimate of drug-likeness (QED) is 0.271. The van der Waals surface area contributed by atoms with Gasteiger partial charge in [-0.1, -0.05) is 18.9 Å². The van der Waals surface area contributed by atoms with E-state index in [0.29, 0.717) is 60.9 Å². The number of rotatable bonds is 5. The van der Waals surface area contributed by atoms with Crippen molar-refractivity contribution in [3.05, 3.63) is 65.0 Å². The molecule has 12 nitrogen and oxygen atoms in total. The fourth-order valence-electron chi connectivity index (χ4n) is 8.15. The molecular formula is C39H44N8O4. The van der Waals surface area contributed by atoms with Gasteiger partial charge < -0.3 is 15.5 Å². The van der Waals surface area contributed by atoms with E-state index >= 15 is 0 Å². The molecule has 1 aromatic carbocycles. The summed E-state index contributed by atoms with van der Waals surface area (Å²) in [7, 11) is 0. The number of hydrogen-bond donors (Lipinski definition) is 2. The Balaban J connectivity index is 1.17. The number of nitrogens with zero attached hydrogens (tertiary/aromatic N) is 6. The summed E-state index contributed by atoms with van der Waals surface area (Å²) in [6.45, 7) is 5.55. The van der Waals surface area contributed by atoms with Crippen LogP contribution in [-0.2, 0) is 27.3 Å². The second kappa shape index (κ2) is 13.0. The molecule has 4 aliphatic rings. The van der Waals surface area contributed by atoms with Gasteiger partial charge >= 0.3 is 0 Å². The van der Waals surface area contributed by atoms with Crippen molar-refractivity contribution < 1.29 is 19.2 Å². The molecule has 8 rings (SSSR count). The van der Waals surface area contributed by atoms with Crippen molar-refractivity contribution in [1.29, 1.82) is 0 Å². The summed E-state index contributed by atoms with van der Waals surface area (Å²) in [5.74, 6) is 0.919. The Morgan fingerprint density at radius 1 is 0.961 bits per heavy atom. The van der Waals surface area contributed by atoms with E-state index in [2.05, 4.69) is 26.7 Å². The Hall–Kier alpha value is -5.00. The second-order valence-corrected chi connectivity index (χ2v) is 15.1. The highest BCUT2D eigenvalue weighted by atomic mass is 16.2. The average Bonchev–Trinajstić information content (AvgIpc) is 4.02. The predicted octanol–water partition coefficient (Wildman–Crippen LogP) is 5.21. The summed E-state index contributed by atoms with van der Waals surface area (Å²) in [5, 5.41) is 11.7.